The van der Waals surface area contributed by atoms with Crippen molar-refractivity contribution in [2.75, 3.05) is 18.1 Å². The summed E-state index contributed by atoms with van der Waals surface area (Å²) in [4.78, 5) is 4.31. The number of imidazole rings is 1. The third-order valence-electron chi connectivity index (χ3n) is 2.93. The van der Waals surface area contributed by atoms with Crippen LogP contribution < -0.4 is 0 Å². The minimum atomic E-state index is -0.444. The van der Waals surface area contributed by atoms with Crippen molar-refractivity contribution in [3.63, 3.8) is 0 Å². The van der Waals surface area contributed by atoms with Gasteiger partial charge in [0.05, 0.1) is 18.8 Å². The molecule has 0 radical (unpaired) electrons. The van der Waals surface area contributed by atoms with Crippen molar-refractivity contribution in [1.29, 1.82) is 0 Å². The molecule has 96 valence electrons. The minimum Gasteiger partial charge on any atom is -0.390 e. The van der Waals surface area contributed by atoms with Crippen LogP contribution in [0.15, 0.2) is 12.4 Å². The summed E-state index contributed by atoms with van der Waals surface area (Å²) in [5, 5.41) is 10.1. The van der Waals surface area contributed by atoms with Gasteiger partial charge < -0.3 is 14.4 Å². The Bertz CT molecular complexity index is 337. The fourth-order valence-electron chi connectivity index (χ4n) is 2.02. The van der Waals surface area contributed by atoms with E-state index in [0.717, 1.165) is 36.9 Å². The Balaban J connectivity index is 1.92. The van der Waals surface area contributed by atoms with E-state index in [2.05, 4.69) is 16.5 Å². The molecule has 2 atom stereocenters. The molecule has 2 unspecified atom stereocenters. The van der Waals surface area contributed by atoms with Crippen LogP contribution in [-0.2, 0) is 17.7 Å². The first kappa shape index (κ1) is 12.9. The predicted octanol–water partition coefficient (Wildman–Crippen LogP) is 1.33. The van der Waals surface area contributed by atoms with Gasteiger partial charge in [0, 0.05) is 36.9 Å². The quantitative estimate of drug-likeness (QED) is 0.863. The average molecular weight is 256 g/mol. The highest BCUT2D eigenvalue weighted by Gasteiger charge is 2.24. The molecule has 17 heavy (non-hydrogen) atoms. The zero-order chi connectivity index (χ0) is 12.1. The standard InChI is InChI=1S/C12H20N2O2S/c1-2-4-14-5-3-13-12(14)8-10(15)11-9-17-7-6-16-11/h3,5,10-11,15H,2,4,6-9H2,1H3. The first-order chi connectivity index (χ1) is 8.31. The number of hydrogen-bond acceptors (Lipinski definition) is 4. The van der Waals surface area contributed by atoms with Crippen LogP contribution in [-0.4, -0.2) is 45.0 Å². The van der Waals surface area contributed by atoms with Gasteiger partial charge in [-0.05, 0) is 6.42 Å². The third-order valence-corrected chi connectivity index (χ3v) is 3.95. The Morgan fingerprint density at radius 1 is 1.71 bits per heavy atom. The summed E-state index contributed by atoms with van der Waals surface area (Å²) < 4.78 is 7.69. The number of aliphatic hydroxyl groups excluding tert-OH is 1. The SMILES string of the molecule is CCCn1ccnc1CC(O)C1CSCCO1. The zero-order valence-electron chi connectivity index (χ0n) is 10.2. The first-order valence-corrected chi connectivity index (χ1v) is 7.34. The summed E-state index contributed by atoms with van der Waals surface area (Å²) >= 11 is 1.85. The zero-order valence-corrected chi connectivity index (χ0v) is 11.0. The largest absolute Gasteiger partial charge is 0.390 e. The molecule has 0 amide bonds. The Kier molecular flexibility index (Phi) is 4.88. The van der Waals surface area contributed by atoms with Crippen LogP contribution in [0.4, 0.5) is 0 Å². The maximum atomic E-state index is 10.1. The number of thioether (sulfide) groups is 1. The summed E-state index contributed by atoms with van der Waals surface area (Å²) in [7, 11) is 0. The van der Waals surface area contributed by atoms with Gasteiger partial charge in [0.25, 0.3) is 0 Å². The van der Waals surface area contributed by atoms with Crippen molar-refractivity contribution in [2.45, 2.75) is 38.5 Å². The molecular weight excluding hydrogens is 236 g/mol. The van der Waals surface area contributed by atoms with Crippen molar-refractivity contribution >= 4 is 11.8 Å². The number of nitrogens with zero attached hydrogens (tertiary/aromatic N) is 2. The summed E-state index contributed by atoms with van der Waals surface area (Å²) in [5.74, 6) is 2.88. The van der Waals surface area contributed by atoms with E-state index in [1.807, 2.05) is 18.0 Å². The Morgan fingerprint density at radius 2 is 2.59 bits per heavy atom. The molecule has 0 saturated carbocycles. The normalized spacial score (nSPS) is 22.6. The number of aryl methyl sites for hydroxylation is 1. The number of ether oxygens (including phenoxy) is 1. The van der Waals surface area contributed by atoms with Crippen LogP contribution in [0, 0.1) is 0 Å². The predicted molar refractivity (Wildman–Crippen MR) is 69.3 cm³/mol. The van der Waals surface area contributed by atoms with Gasteiger partial charge in [0.1, 0.15) is 5.82 Å². The molecule has 0 bridgehead atoms. The second-order valence-electron chi connectivity index (χ2n) is 4.29. The van der Waals surface area contributed by atoms with Crippen molar-refractivity contribution < 1.29 is 9.84 Å². The lowest BCUT2D eigenvalue weighted by Gasteiger charge is -2.26. The van der Waals surface area contributed by atoms with Crippen molar-refractivity contribution in [3.8, 4) is 0 Å². The molecule has 2 heterocycles. The van der Waals surface area contributed by atoms with Crippen molar-refractivity contribution in [1.82, 2.24) is 9.55 Å². The smallest absolute Gasteiger partial charge is 0.111 e. The lowest BCUT2D eigenvalue weighted by atomic mass is 10.1. The summed E-state index contributed by atoms with van der Waals surface area (Å²) in [6.07, 6.45) is 4.95. The molecule has 1 aliphatic rings. The molecule has 5 heteroatoms. The molecule has 1 N–H and O–H groups in total. The van der Waals surface area contributed by atoms with Gasteiger partial charge >= 0.3 is 0 Å². The third kappa shape index (κ3) is 3.47. The van der Waals surface area contributed by atoms with Crippen molar-refractivity contribution in [3.05, 3.63) is 18.2 Å². The van der Waals surface area contributed by atoms with E-state index in [1.165, 1.54) is 0 Å². The molecule has 1 aromatic rings. The Hall–Kier alpha value is -0.520. The summed E-state index contributed by atoms with van der Waals surface area (Å²) in [6.45, 7) is 3.85. The second-order valence-corrected chi connectivity index (χ2v) is 5.44. The van der Waals surface area contributed by atoms with Crippen LogP contribution in [0.3, 0.4) is 0 Å². The van der Waals surface area contributed by atoms with E-state index < -0.39 is 6.10 Å². The monoisotopic (exact) mass is 256 g/mol. The Labute approximate surface area is 106 Å². The Morgan fingerprint density at radius 3 is 3.29 bits per heavy atom. The number of aliphatic hydroxyl groups is 1. The molecule has 1 fully saturated rings. The fourth-order valence-corrected chi connectivity index (χ4v) is 2.95. The van der Waals surface area contributed by atoms with Gasteiger partial charge in [-0.15, -0.1) is 0 Å². The molecule has 0 spiro atoms. The van der Waals surface area contributed by atoms with E-state index in [4.69, 9.17) is 4.74 Å². The van der Waals surface area contributed by atoms with Crippen LogP contribution in [0.2, 0.25) is 0 Å². The molecule has 1 aliphatic heterocycles. The molecule has 0 aliphatic carbocycles. The lowest BCUT2D eigenvalue weighted by Crippen LogP contribution is -2.37. The fraction of sp³-hybridized carbons (Fsp3) is 0.750. The topological polar surface area (TPSA) is 47.3 Å². The van der Waals surface area contributed by atoms with Crippen LogP contribution in [0.25, 0.3) is 0 Å². The number of hydrogen-bond donors (Lipinski definition) is 1. The van der Waals surface area contributed by atoms with Crippen molar-refractivity contribution in [2.24, 2.45) is 0 Å². The second kappa shape index (κ2) is 6.42. The molecular formula is C12H20N2O2S. The highest BCUT2D eigenvalue weighted by atomic mass is 32.2. The number of rotatable bonds is 5. The molecule has 2 rings (SSSR count). The van der Waals surface area contributed by atoms with E-state index in [1.54, 1.807) is 6.20 Å². The van der Waals surface area contributed by atoms with Crippen LogP contribution in [0.1, 0.15) is 19.2 Å². The molecule has 0 aromatic carbocycles. The van der Waals surface area contributed by atoms with Gasteiger partial charge in [-0.25, -0.2) is 4.98 Å². The van der Waals surface area contributed by atoms with Gasteiger partial charge in [-0.1, -0.05) is 6.92 Å². The van der Waals surface area contributed by atoms with Gasteiger partial charge in [0.2, 0.25) is 0 Å². The maximum Gasteiger partial charge on any atom is 0.111 e. The van der Waals surface area contributed by atoms with E-state index in [0.29, 0.717) is 6.42 Å². The molecule has 1 saturated heterocycles. The van der Waals surface area contributed by atoms with E-state index in [9.17, 15) is 5.11 Å². The van der Waals surface area contributed by atoms with Crippen LogP contribution >= 0.6 is 11.8 Å². The van der Waals surface area contributed by atoms with Gasteiger partial charge in [0.15, 0.2) is 0 Å². The maximum absolute atomic E-state index is 10.1. The van der Waals surface area contributed by atoms with E-state index >= 15 is 0 Å². The molecule has 4 nitrogen and oxygen atoms in total. The average Bonchev–Trinajstić information content (AvgIpc) is 2.78. The van der Waals surface area contributed by atoms with Gasteiger partial charge in [-0.2, -0.15) is 11.8 Å². The first-order valence-electron chi connectivity index (χ1n) is 6.18. The van der Waals surface area contributed by atoms with Gasteiger partial charge in [-0.3, -0.25) is 0 Å². The highest BCUT2D eigenvalue weighted by Crippen LogP contribution is 2.17. The molecule has 1 aromatic heterocycles. The van der Waals surface area contributed by atoms with E-state index in [-0.39, 0.29) is 6.10 Å². The number of aromatic nitrogens is 2. The minimum absolute atomic E-state index is 0.0412. The summed E-state index contributed by atoms with van der Waals surface area (Å²) in [6, 6.07) is 0. The lowest BCUT2D eigenvalue weighted by molar-refractivity contribution is -0.0218. The highest BCUT2D eigenvalue weighted by molar-refractivity contribution is 7.99. The van der Waals surface area contributed by atoms with Crippen LogP contribution in [0.5, 0.6) is 0 Å². The summed E-state index contributed by atoms with van der Waals surface area (Å²) in [5.41, 5.74) is 0.